The van der Waals surface area contributed by atoms with Gasteiger partial charge in [-0.05, 0) is 44.4 Å². The molecule has 3 aromatic heterocycles. The molecule has 184 valence electrons. The van der Waals surface area contributed by atoms with E-state index in [2.05, 4.69) is 21.5 Å². The minimum Gasteiger partial charge on any atom is -0.492 e. The lowest BCUT2D eigenvalue weighted by Crippen LogP contribution is -2.61. The van der Waals surface area contributed by atoms with Crippen molar-refractivity contribution in [3.05, 3.63) is 42.4 Å². The lowest BCUT2D eigenvalue weighted by Gasteiger charge is -2.43. The third-order valence-corrected chi connectivity index (χ3v) is 6.28. The number of aliphatic hydroxyl groups is 1. The molecule has 1 amide bonds. The number of fused-ring (bicyclic) bond motifs is 1. The molecule has 1 aliphatic heterocycles. The van der Waals surface area contributed by atoms with Crippen LogP contribution in [0.15, 0.2) is 36.8 Å². The van der Waals surface area contributed by atoms with Crippen LogP contribution in [0.4, 0.5) is 5.82 Å². The molecule has 0 bridgehead atoms. The second kappa shape index (κ2) is 9.92. The van der Waals surface area contributed by atoms with E-state index >= 15 is 0 Å². The van der Waals surface area contributed by atoms with Crippen molar-refractivity contribution in [1.29, 1.82) is 5.26 Å². The summed E-state index contributed by atoms with van der Waals surface area (Å²) in [7, 11) is 0. The number of carbonyl (C=O) groups is 1. The number of carbonyl (C=O) groups excluding carboxylic acids is 1. The molecule has 1 fully saturated rings. The Morgan fingerprint density at radius 2 is 2.20 bits per heavy atom. The van der Waals surface area contributed by atoms with Gasteiger partial charge < -0.3 is 20.1 Å². The van der Waals surface area contributed by atoms with Crippen LogP contribution in [0.3, 0.4) is 0 Å². The first-order chi connectivity index (χ1) is 16.7. The van der Waals surface area contributed by atoms with Gasteiger partial charge in [0.15, 0.2) is 0 Å². The van der Waals surface area contributed by atoms with Gasteiger partial charge in [0.25, 0.3) is 0 Å². The molecule has 0 saturated carbocycles. The van der Waals surface area contributed by atoms with E-state index in [1.54, 1.807) is 30.0 Å². The van der Waals surface area contributed by atoms with Crippen molar-refractivity contribution in [3.8, 4) is 22.9 Å². The third-order valence-electron chi connectivity index (χ3n) is 6.28. The number of amides is 1. The molecular weight excluding hydrogens is 444 g/mol. The number of piperidine rings is 1. The summed E-state index contributed by atoms with van der Waals surface area (Å²) in [4.78, 5) is 18.9. The fourth-order valence-corrected chi connectivity index (χ4v) is 4.60. The molecule has 9 heteroatoms. The SMILES string of the molecule is CCOc1cc(-c2ccc(N3CC[C@H](NC(=O)CC(C)C)[C@](C)(O)C3)nc2)c2c(C#N)cnn2c1. The van der Waals surface area contributed by atoms with Crippen LogP contribution in [-0.4, -0.2) is 57.0 Å². The first kappa shape index (κ1) is 24.5. The number of nitrogens with one attached hydrogen (secondary N) is 1. The largest absolute Gasteiger partial charge is 0.492 e. The van der Waals surface area contributed by atoms with Gasteiger partial charge in [-0.2, -0.15) is 10.4 Å². The van der Waals surface area contributed by atoms with E-state index in [1.807, 2.05) is 43.9 Å². The van der Waals surface area contributed by atoms with Crippen LogP contribution in [0.5, 0.6) is 5.75 Å². The van der Waals surface area contributed by atoms with E-state index in [4.69, 9.17) is 4.74 Å². The molecule has 3 aromatic rings. The lowest BCUT2D eigenvalue weighted by atomic mass is 9.88. The molecule has 2 atom stereocenters. The van der Waals surface area contributed by atoms with Crippen molar-refractivity contribution in [3.63, 3.8) is 0 Å². The van der Waals surface area contributed by atoms with Crippen LogP contribution in [0.25, 0.3) is 16.6 Å². The number of β-amino-alcohol motifs (C(OH)–C–C–N with tert-alkyl or cyclic N) is 1. The molecule has 4 heterocycles. The Morgan fingerprint density at radius 3 is 2.83 bits per heavy atom. The molecule has 2 N–H and O–H groups in total. The number of hydrogen-bond acceptors (Lipinski definition) is 7. The first-order valence-corrected chi connectivity index (χ1v) is 12.0. The Bertz CT molecular complexity index is 1240. The molecule has 1 saturated heterocycles. The fraction of sp³-hybridized carbons (Fsp3) is 0.462. The van der Waals surface area contributed by atoms with Gasteiger partial charge in [-0.1, -0.05) is 13.8 Å². The van der Waals surface area contributed by atoms with Gasteiger partial charge in [-0.25, -0.2) is 9.50 Å². The number of anilines is 1. The van der Waals surface area contributed by atoms with Gasteiger partial charge in [0.05, 0.1) is 41.7 Å². The monoisotopic (exact) mass is 476 g/mol. The summed E-state index contributed by atoms with van der Waals surface area (Å²) in [6.07, 6.45) is 6.14. The smallest absolute Gasteiger partial charge is 0.220 e. The van der Waals surface area contributed by atoms with E-state index in [0.29, 0.717) is 49.4 Å². The minimum atomic E-state index is -1.08. The normalized spacial score (nSPS) is 20.1. The van der Waals surface area contributed by atoms with Crippen LogP contribution in [0.1, 0.15) is 46.1 Å². The Morgan fingerprint density at radius 1 is 1.40 bits per heavy atom. The number of ether oxygens (including phenoxy) is 1. The summed E-state index contributed by atoms with van der Waals surface area (Å²) in [5.74, 6) is 1.64. The van der Waals surface area contributed by atoms with Gasteiger partial charge in [-0.3, -0.25) is 4.79 Å². The average molecular weight is 477 g/mol. The van der Waals surface area contributed by atoms with E-state index in [0.717, 1.165) is 16.9 Å². The number of nitriles is 1. The predicted octanol–water partition coefficient (Wildman–Crippen LogP) is 3.16. The van der Waals surface area contributed by atoms with Gasteiger partial charge >= 0.3 is 0 Å². The molecule has 35 heavy (non-hydrogen) atoms. The van der Waals surface area contributed by atoms with Gasteiger partial charge in [0.1, 0.15) is 17.6 Å². The van der Waals surface area contributed by atoms with Gasteiger partial charge in [-0.15, -0.1) is 0 Å². The van der Waals surface area contributed by atoms with E-state index in [1.165, 1.54) is 0 Å². The number of rotatable bonds is 7. The maximum Gasteiger partial charge on any atom is 0.220 e. The molecule has 0 radical (unpaired) electrons. The van der Waals surface area contributed by atoms with E-state index in [9.17, 15) is 15.2 Å². The zero-order valence-corrected chi connectivity index (χ0v) is 20.7. The van der Waals surface area contributed by atoms with Crippen molar-refractivity contribution in [2.75, 3.05) is 24.6 Å². The fourth-order valence-electron chi connectivity index (χ4n) is 4.60. The number of nitrogens with zero attached hydrogens (tertiary/aromatic N) is 5. The number of pyridine rings is 2. The molecule has 1 aliphatic rings. The second-order valence-corrected chi connectivity index (χ2v) is 9.68. The summed E-state index contributed by atoms with van der Waals surface area (Å²) in [6.45, 7) is 9.22. The molecule has 0 aliphatic carbocycles. The summed E-state index contributed by atoms with van der Waals surface area (Å²) in [5.41, 5.74) is 1.74. The Labute approximate surface area is 205 Å². The van der Waals surface area contributed by atoms with Gasteiger partial charge in [0, 0.05) is 36.8 Å². The summed E-state index contributed by atoms with van der Waals surface area (Å²) < 4.78 is 7.34. The minimum absolute atomic E-state index is 0.0292. The van der Waals surface area contributed by atoms with Crippen LogP contribution in [-0.2, 0) is 4.79 Å². The highest BCUT2D eigenvalue weighted by atomic mass is 16.5. The quantitative estimate of drug-likeness (QED) is 0.538. The highest BCUT2D eigenvalue weighted by molar-refractivity contribution is 5.85. The van der Waals surface area contributed by atoms with Crippen LogP contribution < -0.4 is 15.0 Å². The van der Waals surface area contributed by atoms with Crippen molar-refractivity contribution >= 4 is 17.2 Å². The van der Waals surface area contributed by atoms with Crippen molar-refractivity contribution in [2.45, 2.75) is 52.2 Å². The third kappa shape index (κ3) is 5.23. The Balaban J connectivity index is 1.55. The Hall–Kier alpha value is -3.64. The maximum atomic E-state index is 12.2. The molecule has 4 rings (SSSR count). The number of aromatic nitrogens is 3. The zero-order valence-electron chi connectivity index (χ0n) is 20.7. The number of hydrogen-bond donors (Lipinski definition) is 2. The van der Waals surface area contributed by atoms with E-state index < -0.39 is 5.60 Å². The highest BCUT2D eigenvalue weighted by Gasteiger charge is 2.39. The van der Waals surface area contributed by atoms with Crippen molar-refractivity contribution in [2.24, 2.45) is 5.92 Å². The molecule has 0 aromatic carbocycles. The molecule has 0 spiro atoms. The molecule has 0 unspecified atom stereocenters. The summed E-state index contributed by atoms with van der Waals surface area (Å²) in [5, 5.41) is 27.9. The summed E-state index contributed by atoms with van der Waals surface area (Å²) in [6, 6.07) is 7.66. The lowest BCUT2D eigenvalue weighted by molar-refractivity contribution is -0.125. The molecule has 9 nitrogen and oxygen atoms in total. The van der Waals surface area contributed by atoms with Crippen molar-refractivity contribution < 1.29 is 14.6 Å². The van der Waals surface area contributed by atoms with E-state index in [-0.39, 0.29) is 17.9 Å². The summed E-state index contributed by atoms with van der Waals surface area (Å²) >= 11 is 0. The average Bonchev–Trinajstić information content (AvgIpc) is 3.22. The first-order valence-electron chi connectivity index (χ1n) is 12.0. The van der Waals surface area contributed by atoms with Crippen molar-refractivity contribution in [1.82, 2.24) is 19.9 Å². The highest BCUT2D eigenvalue weighted by Crippen LogP contribution is 2.32. The molecular formula is C26H32N6O3. The van der Waals surface area contributed by atoms with Crippen LogP contribution >= 0.6 is 0 Å². The topological polar surface area (TPSA) is 116 Å². The predicted molar refractivity (Wildman–Crippen MR) is 133 cm³/mol. The second-order valence-electron chi connectivity index (χ2n) is 9.68. The van der Waals surface area contributed by atoms with Gasteiger partial charge in [0.2, 0.25) is 5.91 Å². The Kier molecular flexibility index (Phi) is 6.94. The van der Waals surface area contributed by atoms with Crippen LogP contribution in [0.2, 0.25) is 0 Å². The standard InChI is InChI=1S/C26H32N6O3/c1-5-35-20-11-21(25-19(12-27)14-29-32(25)15-20)18-6-7-23(28-13-18)31-9-8-22(26(4,34)16-31)30-24(33)10-17(2)3/h6-7,11,13-15,17,22,34H,5,8-10,16H2,1-4H3,(H,30,33)/t22-,26+/m0/s1. The maximum absolute atomic E-state index is 12.2. The van der Waals surface area contributed by atoms with Crippen LogP contribution in [0, 0.1) is 17.2 Å². The zero-order chi connectivity index (χ0) is 25.2.